The van der Waals surface area contributed by atoms with Gasteiger partial charge in [0.2, 0.25) is 5.91 Å². The summed E-state index contributed by atoms with van der Waals surface area (Å²) in [6.45, 7) is 2.89. The maximum Gasteiger partial charge on any atom is 0.256 e. The van der Waals surface area contributed by atoms with Crippen molar-refractivity contribution < 1.29 is 19.1 Å². The van der Waals surface area contributed by atoms with E-state index in [4.69, 9.17) is 9.47 Å². The summed E-state index contributed by atoms with van der Waals surface area (Å²) in [5.41, 5.74) is 2.14. The average molecular weight is 476 g/mol. The monoisotopic (exact) mass is 475 g/mol. The molecule has 0 spiro atoms. The van der Waals surface area contributed by atoms with Crippen LogP contribution >= 0.6 is 0 Å². The van der Waals surface area contributed by atoms with Gasteiger partial charge in [0, 0.05) is 36.6 Å². The van der Waals surface area contributed by atoms with E-state index in [-0.39, 0.29) is 24.5 Å². The second-order valence-corrected chi connectivity index (χ2v) is 8.33. The van der Waals surface area contributed by atoms with E-state index in [1.807, 2.05) is 4.90 Å². The quantitative estimate of drug-likeness (QED) is 0.502. The number of nitrogens with zero attached hydrogens (tertiary/aromatic N) is 5. The molecule has 5 rings (SSSR count). The Morgan fingerprint density at radius 2 is 1.83 bits per heavy atom. The summed E-state index contributed by atoms with van der Waals surface area (Å²) in [4.78, 5) is 44.1. The fourth-order valence-corrected chi connectivity index (χ4v) is 3.55. The lowest BCUT2D eigenvalue weighted by Gasteiger charge is -2.26. The first-order chi connectivity index (χ1) is 17.1. The maximum absolute atomic E-state index is 12.9. The molecule has 180 valence electrons. The maximum atomic E-state index is 12.9. The van der Waals surface area contributed by atoms with E-state index in [1.54, 1.807) is 30.6 Å². The van der Waals surface area contributed by atoms with Gasteiger partial charge in [0.25, 0.3) is 5.91 Å². The Bertz CT molecular complexity index is 1180. The van der Waals surface area contributed by atoms with Gasteiger partial charge in [-0.2, -0.15) is 0 Å². The van der Waals surface area contributed by atoms with Crippen LogP contribution in [0.5, 0.6) is 5.75 Å². The van der Waals surface area contributed by atoms with Gasteiger partial charge >= 0.3 is 0 Å². The summed E-state index contributed by atoms with van der Waals surface area (Å²) in [5, 5.41) is 5.65. The first-order valence-electron chi connectivity index (χ1n) is 11.4. The highest BCUT2D eigenvalue weighted by atomic mass is 16.5. The van der Waals surface area contributed by atoms with Crippen LogP contribution in [-0.2, 0) is 9.53 Å². The van der Waals surface area contributed by atoms with E-state index in [0.717, 1.165) is 18.4 Å². The van der Waals surface area contributed by atoms with E-state index in [1.165, 1.54) is 18.7 Å². The van der Waals surface area contributed by atoms with E-state index < -0.39 is 0 Å². The smallest absolute Gasteiger partial charge is 0.256 e. The topological polar surface area (TPSA) is 131 Å². The standard InChI is InChI=1S/C24H25N7O4/c32-23(14-31-5-7-34-8-6-31)29-19-9-16(1-4-21(19)35-18-2-3-18)24(33)30-22-13-27-20(12-28-22)17-10-25-15-26-11-17/h1,4,9-13,15,18H,2-3,5-8,14H2,(H,29,32)(H,28,30,33). The van der Waals surface area contributed by atoms with Crippen molar-refractivity contribution in [3.8, 4) is 17.0 Å². The number of hydrogen-bond donors (Lipinski definition) is 2. The van der Waals surface area contributed by atoms with E-state index in [9.17, 15) is 9.59 Å². The van der Waals surface area contributed by atoms with Gasteiger partial charge in [0.1, 0.15) is 12.1 Å². The molecule has 0 radical (unpaired) electrons. The number of nitrogens with one attached hydrogen (secondary N) is 2. The van der Waals surface area contributed by atoms with Crippen LogP contribution in [0.3, 0.4) is 0 Å². The molecule has 2 aliphatic rings. The van der Waals surface area contributed by atoms with E-state index in [0.29, 0.717) is 54.8 Å². The molecule has 1 aliphatic heterocycles. The number of amides is 2. The molecule has 1 saturated heterocycles. The highest BCUT2D eigenvalue weighted by Crippen LogP contribution is 2.33. The second-order valence-electron chi connectivity index (χ2n) is 8.33. The minimum Gasteiger partial charge on any atom is -0.488 e. The van der Waals surface area contributed by atoms with Crippen molar-refractivity contribution in [2.45, 2.75) is 18.9 Å². The fraction of sp³-hybridized carbons (Fsp3) is 0.333. The number of rotatable bonds is 8. The van der Waals surface area contributed by atoms with Gasteiger partial charge in [-0.25, -0.2) is 15.0 Å². The fourth-order valence-electron chi connectivity index (χ4n) is 3.55. The Kier molecular flexibility index (Phi) is 6.87. The van der Waals surface area contributed by atoms with Gasteiger partial charge in [0.15, 0.2) is 5.82 Å². The molecule has 3 heterocycles. The largest absolute Gasteiger partial charge is 0.488 e. The third kappa shape index (κ3) is 6.14. The predicted molar refractivity (Wildman–Crippen MR) is 127 cm³/mol. The number of anilines is 2. The number of aromatic nitrogens is 4. The molecule has 1 aromatic carbocycles. The van der Waals surface area contributed by atoms with Crippen LogP contribution < -0.4 is 15.4 Å². The van der Waals surface area contributed by atoms with Crippen LogP contribution in [0, 0.1) is 0 Å². The lowest BCUT2D eigenvalue weighted by Crippen LogP contribution is -2.41. The van der Waals surface area contributed by atoms with Gasteiger partial charge in [-0.15, -0.1) is 0 Å². The second kappa shape index (κ2) is 10.5. The zero-order valence-electron chi connectivity index (χ0n) is 19.0. The molecule has 0 atom stereocenters. The van der Waals surface area contributed by atoms with Crippen LogP contribution in [0.15, 0.2) is 49.3 Å². The van der Waals surface area contributed by atoms with Crippen molar-refractivity contribution in [3.05, 3.63) is 54.9 Å². The van der Waals surface area contributed by atoms with Crippen molar-refractivity contribution in [2.75, 3.05) is 43.5 Å². The molecule has 3 aromatic rings. The molecule has 2 fully saturated rings. The van der Waals surface area contributed by atoms with E-state index in [2.05, 4.69) is 30.6 Å². The summed E-state index contributed by atoms with van der Waals surface area (Å²) in [6.07, 6.45) is 9.82. The Balaban J connectivity index is 1.27. The summed E-state index contributed by atoms with van der Waals surface area (Å²) in [7, 11) is 0. The Morgan fingerprint density at radius 3 is 2.54 bits per heavy atom. The molecule has 0 bridgehead atoms. The number of hydrogen-bond acceptors (Lipinski definition) is 9. The minimum absolute atomic E-state index is 0.147. The summed E-state index contributed by atoms with van der Waals surface area (Å²) >= 11 is 0. The third-order valence-corrected chi connectivity index (χ3v) is 5.55. The Labute approximate surface area is 201 Å². The Morgan fingerprint density at radius 1 is 1.03 bits per heavy atom. The van der Waals surface area contributed by atoms with Crippen LogP contribution in [0.25, 0.3) is 11.3 Å². The molecule has 1 saturated carbocycles. The molecule has 1 aliphatic carbocycles. The average Bonchev–Trinajstić information content (AvgIpc) is 3.71. The van der Waals surface area contributed by atoms with Crippen LogP contribution in [0.4, 0.5) is 11.5 Å². The zero-order valence-corrected chi connectivity index (χ0v) is 19.0. The normalized spacial score (nSPS) is 15.9. The molecule has 2 aromatic heterocycles. The lowest BCUT2D eigenvalue weighted by atomic mass is 10.1. The summed E-state index contributed by atoms with van der Waals surface area (Å²) in [6, 6.07) is 4.99. The molecular weight excluding hydrogens is 450 g/mol. The van der Waals surface area contributed by atoms with Crippen LogP contribution in [0.1, 0.15) is 23.2 Å². The lowest BCUT2D eigenvalue weighted by molar-refractivity contribution is -0.118. The minimum atomic E-state index is -0.378. The van der Waals surface area contributed by atoms with Gasteiger partial charge in [-0.3, -0.25) is 19.5 Å². The van der Waals surface area contributed by atoms with Gasteiger partial charge in [-0.05, 0) is 31.0 Å². The first kappa shape index (κ1) is 22.8. The van der Waals surface area contributed by atoms with E-state index >= 15 is 0 Å². The van der Waals surface area contributed by atoms with Crippen molar-refractivity contribution >= 4 is 23.3 Å². The zero-order chi connectivity index (χ0) is 24.0. The highest BCUT2D eigenvalue weighted by molar-refractivity contribution is 6.05. The van der Waals surface area contributed by atoms with Crippen LogP contribution in [0.2, 0.25) is 0 Å². The summed E-state index contributed by atoms with van der Waals surface area (Å²) < 4.78 is 11.3. The van der Waals surface area contributed by atoms with Crippen LogP contribution in [-0.4, -0.2) is 75.6 Å². The molecule has 35 heavy (non-hydrogen) atoms. The third-order valence-electron chi connectivity index (χ3n) is 5.55. The summed E-state index contributed by atoms with van der Waals surface area (Å²) in [5.74, 6) is 0.300. The molecule has 0 unspecified atom stereocenters. The highest BCUT2D eigenvalue weighted by Gasteiger charge is 2.25. The predicted octanol–water partition coefficient (Wildman–Crippen LogP) is 2.00. The number of ether oxygens (including phenoxy) is 2. The molecule has 2 amide bonds. The molecule has 11 heteroatoms. The van der Waals surface area contributed by atoms with Crippen molar-refractivity contribution in [3.63, 3.8) is 0 Å². The number of carbonyl (C=O) groups is 2. The van der Waals surface area contributed by atoms with Gasteiger partial charge in [-0.1, -0.05) is 0 Å². The SMILES string of the molecule is O=C(CN1CCOCC1)Nc1cc(C(=O)Nc2cnc(-c3cncnc3)cn2)ccc1OC1CC1. The molecule has 11 nitrogen and oxygen atoms in total. The first-order valence-corrected chi connectivity index (χ1v) is 11.4. The number of morpholine rings is 1. The Hall–Kier alpha value is -3.96. The number of benzene rings is 1. The van der Waals surface area contributed by atoms with Gasteiger partial charge in [0.05, 0.1) is 49.6 Å². The van der Waals surface area contributed by atoms with Crippen molar-refractivity contribution in [2.24, 2.45) is 0 Å². The van der Waals surface area contributed by atoms with Crippen molar-refractivity contribution in [1.82, 2.24) is 24.8 Å². The molecular formula is C24H25N7O4. The van der Waals surface area contributed by atoms with Gasteiger partial charge < -0.3 is 20.1 Å². The van der Waals surface area contributed by atoms with Crippen molar-refractivity contribution in [1.29, 1.82) is 0 Å². The molecule has 2 N–H and O–H groups in total. The number of carbonyl (C=O) groups excluding carboxylic acids is 2.